The summed E-state index contributed by atoms with van der Waals surface area (Å²) in [5.41, 5.74) is 0.506. The van der Waals surface area contributed by atoms with Crippen LogP contribution in [0.25, 0.3) is 5.69 Å². The molecule has 1 fully saturated rings. The number of anilines is 1. The highest BCUT2D eigenvalue weighted by Gasteiger charge is 2.24. The quantitative estimate of drug-likeness (QED) is 0.493. The summed E-state index contributed by atoms with van der Waals surface area (Å²) >= 11 is 6.36. The standard InChI is InChI=1S/C18H17ClN6O3/c19-17-16(22-10-6-13(7-11-22)23-9-1-8-20-23)12-21-24(18(17)26)14-2-4-15(5-3-14)25(27)28/h1-5,8-9,12-13H,6-7,10-11H2. The van der Waals surface area contributed by atoms with Crippen molar-refractivity contribution >= 4 is 23.0 Å². The van der Waals surface area contributed by atoms with E-state index >= 15 is 0 Å². The van der Waals surface area contributed by atoms with Gasteiger partial charge >= 0.3 is 0 Å². The fourth-order valence-corrected chi connectivity index (χ4v) is 3.66. The van der Waals surface area contributed by atoms with E-state index in [0.717, 1.165) is 30.6 Å². The molecular weight excluding hydrogens is 384 g/mol. The summed E-state index contributed by atoms with van der Waals surface area (Å²) in [4.78, 5) is 25.0. The molecule has 0 aliphatic carbocycles. The Bertz CT molecular complexity index is 1040. The molecular formula is C18H17ClN6O3. The summed E-state index contributed by atoms with van der Waals surface area (Å²) in [6.07, 6.45) is 7.08. The first kappa shape index (κ1) is 18.2. The Labute approximate surface area is 164 Å². The second-order valence-corrected chi connectivity index (χ2v) is 6.92. The van der Waals surface area contributed by atoms with E-state index in [2.05, 4.69) is 15.1 Å². The molecule has 1 aliphatic rings. The highest BCUT2D eigenvalue weighted by molar-refractivity contribution is 6.33. The zero-order valence-electron chi connectivity index (χ0n) is 14.8. The Balaban J connectivity index is 1.55. The topological polar surface area (TPSA) is 99.1 Å². The van der Waals surface area contributed by atoms with Crippen molar-refractivity contribution in [3.05, 3.63) is 74.4 Å². The number of rotatable bonds is 4. The van der Waals surface area contributed by atoms with Gasteiger partial charge in [0.2, 0.25) is 0 Å². The number of nitrogens with zero attached hydrogens (tertiary/aromatic N) is 6. The number of piperidine rings is 1. The van der Waals surface area contributed by atoms with Gasteiger partial charge in [-0.15, -0.1) is 0 Å². The Hall–Kier alpha value is -3.20. The van der Waals surface area contributed by atoms with Crippen molar-refractivity contribution in [2.45, 2.75) is 18.9 Å². The van der Waals surface area contributed by atoms with Crippen LogP contribution in [0, 0.1) is 10.1 Å². The lowest BCUT2D eigenvalue weighted by Crippen LogP contribution is -2.36. The largest absolute Gasteiger partial charge is 0.369 e. The average molecular weight is 401 g/mol. The lowest BCUT2D eigenvalue weighted by molar-refractivity contribution is -0.384. The fourth-order valence-electron chi connectivity index (χ4n) is 3.41. The third-order valence-electron chi connectivity index (χ3n) is 4.91. The molecule has 0 spiro atoms. The average Bonchev–Trinajstić information content (AvgIpc) is 3.25. The van der Waals surface area contributed by atoms with Gasteiger partial charge in [-0.1, -0.05) is 11.6 Å². The van der Waals surface area contributed by atoms with Crippen molar-refractivity contribution in [3.63, 3.8) is 0 Å². The van der Waals surface area contributed by atoms with Gasteiger partial charge in [0.25, 0.3) is 11.2 Å². The van der Waals surface area contributed by atoms with E-state index in [1.807, 2.05) is 16.9 Å². The molecule has 0 saturated carbocycles. The number of hydrogen-bond acceptors (Lipinski definition) is 6. The Morgan fingerprint density at radius 2 is 1.86 bits per heavy atom. The van der Waals surface area contributed by atoms with Crippen LogP contribution in [0.5, 0.6) is 0 Å². The third-order valence-corrected chi connectivity index (χ3v) is 5.27. The molecule has 0 radical (unpaired) electrons. The molecule has 0 N–H and O–H groups in total. The van der Waals surface area contributed by atoms with Crippen LogP contribution in [0.15, 0.2) is 53.7 Å². The highest BCUT2D eigenvalue weighted by atomic mass is 35.5. The summed E-state index contributed by atoms with van der Waals surface area (Å²) in [6, 6.07) is 7.83. The number of hydrogen-bond donors (Lipinski definition) is 0. The van der Waals surface area contributed by atoms with Crippen LogP contribution in [-0.2, 0) is 0 Å². The van der Waals surface area contributed by atoms with Crippen LogP contribution < -0.4 is 10.5 Å². The van der Waals surface area contributed by atoms with Gasteiger partial charge in [-0.25, -0.2) is 0 Å². The van der Waals surface area contributed by atoms with Crippen LogP contribution in [0.4, 0.5) is 11.4 Å². The number of non-ortho nitro benzene ring substituents is 1. The summed E-state index contributed by atoms with van der Waals surface area (Å²) in [5, 5.41) is 19.4. The molecule has 1 aromatic carbocycles. The highest BCUT2D eigenvalue weighted by Crippen LogP contribution is 2.29. The summed E-state index contributed by atoms with van der Waals surface area (Å²) in [5.74, 6) is 0. The minimum atomic E-state index is -0.497. The minimum Gasteiger partial charge on any atom is -0.369 e. The van der Waals surface area contributed by atoms with Crippen molar-refractivity contribution in [3.8, 4) is 5.69 Å². The lowest BCUT2D eigenvalue weighted by Gasteiger charge is -2.33. The molecule has 3 heterocycles. The van der Waals surface area contributed by atoms with Gasteiger partial charge in [0.15, 0.2) is 0 Å². The Morgan fingerprint density at radius 1 is 1.14 bits per heavy atom. The lowest BCUT2D eigenvalue weighted by atomic mass is 10.0. The van der Waals surface area contributed by atoms with Gasteiger partial charge in [0.05, 0.1) is 28.5 Å². The van der Waals surface area contributed by atoms with Gasteiger partial charge in [-0.3, -0.25) is 19.6 Å². The van der Waals surface area contributed by atoms with Gasteiger partial charge in [0, 0.05) is 37.6 Å². The molecule has 10 heteroatoms. The third kappa shape index (κ3) is 3.36. The molecule has 0 bridgehead atoms. The van der Waals surface area contributed by atoms with Crippen molar-refractivity contribution < 1.29 is 4.92 Å². The fraction of sp³-hybridized carbons (Fsp3) is 0.278. The SMILES string of the molecule is O=c1c(Cl)c(N2CCC(n3cccn3)CC2)cnn1-c1ccc([N+](=O)[O-])cc1. The predicted molar refractivity (Wildman–Crippen MR) is 104 cm³/mol. The van der Waals surface area contributed by atoms with E-state index in [-0.39, 0.29) is 10.7 Å². The van der Waals surface area contributed by atoms with Crippen molar-refractivity contribution in [2.24, 2.45) is 0 Å². The first-order chi connectivity index (χ1) is 13.5. The normalized spacial score (nSPS) is 15.0. The van der Waals surface area contributed by atoms with Crippen LogP contribution in [0.3, 0.4) is 0 Å². The smallest absolute Gasteiger partial charge is 0.292 e. The molecule has 4 rings (SSSR count). The predicted octanol–water partition coefficient (Wildman–Crippen LogP) is 2.83. The van der Waals surface area contributed by atoms with Gasteiger partial charge < -0.3 is 4.90 Å². The van der Waals surface area contributed by atoms with Crippen molar-refractivity contribution in [1.82, 2.24) is 19.6 Å². The number of nitro groups is 1. The summed E-state index contributed by atoms with van der Waals surface area (Å²) in [6.45, 7) is 1.49. The minimum absolute atomic E-state index is 0.0560. The van der Waals surface area contributed by atoms with Gasteiger partial charge in [0.1, 0.15) is 5.02 Å². The number of nitro benzene ring substituents is 1. The van der Waals surface area contributed by atoms with Crippen molar-refractivity contribution in [2.75, 3.05) is 18.0 Å². The number of aromatic nitrogens is 4. The molecule has 0 amide bonds. The second-order valence-electron chi connectivity index (χ2n) is 6.54. The Kier molecular flexibility index (Phi) is 4.82. The van der Waals surface area contributed by atoms with E-state index in [1.165, 1.54) is 24.3 Å². The summed E-state index contributed by atoms with van der Waals surface area (Å²) in [7, 11) is 0. The van der Waals surface area contributed by atoms with E-state index in [1.54, 1.807) is 12.4 Å². The monoisotopic (exact) mass is 400 g/mol. The van der Waals surface area contributed by atoms with Crippen LogP contribution in [-0.4, -0.2) is 37.6 Å². The maximum Gasteiger partial charge on any atom is 0.292 e. The Morgan fingerprint density at radius 3 is 2.46 bits per heavy atom. The van der Waals surface area contributed by atoms with Crippen LogP contribution in [0.2, 0.25) is 5.02 Å². The molecule has 1 saturated heterocycles. The maximum absolute atomic E-state index is 12.7. The van der Waals surface area contributed by atoms with Crippen LogP contribution in [0.1, 0.15) is 18.9 Å². The molecule has 1 aliphatic heterocycles. The van der Waals surface area contributed by atoms with E-state index in [9.17, 15) is 14.9 Å². The number of benzene rings is 1. The van der Waals surface area contributed by atoms with E-state index < -0.39 is 10.5 Å². The molecule has 0 unspecified atom stereocenters. The van der Waals surface area contributed by atoms with Crippen molar-refractivity contribution in [1.29, 1.82) is 0 Å². The molecule has 2 aromatic heterocycles. The van der Waals surface area contributed by atoms with E-state index in [4.69, 9.17) is 11.6 Å². The van der Waals surface area contributed by atoms with E-state index in [0.29, 0.717) is 17.4 Å². The molecule has 28 heavy (non-hydrogen) atoms. The summed E-state index contributed by atoms with van der Waals surface area (Å²) < 4.78 is 3.11. The first-order valence-electron chi connectivity index (χ1n) is 8.81. The van der Waals surface area contributed by atoms with Crippen LogP contribution >= 0.6 is 11.6 Å². The number of halogens is 1. The van der Waals surface area contributed by atoms with Gasteiger partial charge in [-0.2, -0.15) is 14.9 Å². The molecule has 3 aromatic rings. The first-order valence-corrected chi connectivity index (χ1v) is 9.19. The zero-order chi connectivity index (χ0) is 19.7. The zero-order valence-corrected chi connectivity index (χ0v) is 15.6. The molecule has 9 nitrogen and oxygen atoms in total. The molecule has 0 atom stereocenters. The maximum atomic E-state index is 12.7. The molecule has 144 valence electrons. The van der Waals surface area contributed by atoms with Gasteiger partial charge in [-0.05, 0) is 31.0 Å². The second kappa shape index (κ2) is 7.43.